The van der Waals surface area contributed by atoms with Gasteiger partial charge < -0.3 is 4.98 Å². The van der Waals surface area contributed by atoms with Crippen molar-refractivity contribution in [3.63, 3.8) is 0 Å². The summed E-state index contributed by atoms with van der Waals surface area (Å²) in [7, 11) is 0. The van der Waals surface area contributed by atoms with Gasteiger partial charge >= 0.3 is 0 Å². The molecule has 1 fully saturated rings. The smallest absolute Gasteiger partial charge is 0.169 e. The molecule has 3 heteroatoms. The number of carbonyl (C=O) groups is 1. The van der Waals surface area contributed by atoms with Crippen molar-refractivity contribution in [3.05, 3.63) is 35.0 Å². The topological polar surface area (TPSA) is 32.9 Å². The van der Waals surface area contributed by atoms with Gasteiger partial charge in [0, 0.05) is 28.6 Å². The van der Waals surface area contributed by atoms with Crippen molar-refractivity contribution in [2.24, 2.45) is 16.7 Å². The van der Waals surface area contributed by atoms with Crippen LogP contribution in [0.3, 0.4) is 0 Å². The van der Waals surface area contributed by atoms with Crippen LogP contribution in [0.1, 0.15) is 38.1 Å². The highest BCUT2D eigenvalue weighted by Gasteiger charge is 2.68. The highest BCUT2D eigenvalue weighted by molar-refractivity contribution is 6.37. The highest BCUT2D eigenvalue weighted by atomic mass is 35.5. The number of halogens is 1. The lowest BCUT2D eigenvalue weighted by Gasteiger charge is -2.03. The molecule has 0 saturated heterocycles. The van der Waals surface area contributed by atoms with Gasteiger partial charge in [0.2, 0.25) is 0 Å². The highest BCUT2D eigenvalue weighted by Crippen LogP contribution is 2.69. The summed E-state index contributed by atoms with van der Waals surface area (Å²) in [5.74, 6) is 0.268. The fraction of sp³-hybridized carbons (Fsp3) is 0.438. The summed E-state index contributed by atoms with van der Waals surface area (Å²) in [6.45, 7) is 8.63. The van der Waals surface area contributed by atoms with E-state index in [0.717, 1.165) is 16.5 Å². The van der Waals surface area contributed by atoms with Crippen LogP contribution in [0.5, 0.6) is 0 Å². The molecule has 0 aliphatic heterocycles. The van der Waals surface area contributed by atoms with E-state index in [0.29, 0.717) is 5.02 Å². The van der Waals surface area contributed by atoms with Crippen molar-refractivity contribution < 1.29 is 4.79 Å². The van der Waals surface area contributed by atoms with Crippen LogP contribution in [0, 0.1) is 16.7 Å². The number of aromatic nitrogens is 1. The van der Waals surface area contributed by atoms with E-state index in [2.05, 4.69) is 32.7 Å². The van der Waals surface area contributed by atoms with Crippen molar-refractivity contribution in [2.45, 2.75) is 27.7 Å². The minimum atomic E-state index is 0.0505. The first-order chi connectivity index (χ1) is 8.78. The molecular weight excluding hydrogens is 258 g/mol. The Balaban J connectivity index is 2.10. The summed E-state index contributed by atoms with van der Waals surface area (Å²) in [4.78, 5) is 15.9. The monoisotopic (exact) mass is 275 g/mol. The number of H-pyrrole nitrogens is 1. The van der Waals surface area contributed by atoms with Gasteiger partial charge in [-0.2, -0.15) is 0 Å². The molecule has 0 spiro atoms. The van der Waals surface area contributed by atoms with Crippen LogP contribution in [0.4, 0.5) is 0 Å². The summed E-state index contributed by atoms with van der Waals surface area (Å²) >= 11 is 6.24. The SMILES string of the molecule is CC1(C)C(C(=O)c2c[nH]c3cccc(Cl)c23)C1(C)C. The van der Waals surface area contributed by atoms with Gasteiger partial charge in [-0.15, -0.1) is 0 Å². The van der Waals surface area contributed by atoms with Crippen molar-refractivity contribution in [1.82, 2.24) is 4.98 Å². The summed E-state index contributed by atoms with van der Waals surface area (Å²) in [5, 5.41) is 1.49. The van der Waals surface area contributed by atoms with Crippen LogP contribution in [0.2, 0.25) is 5.02 Å². The molecule has 2 nitrogen and oxygen atoms in total. The largest absolute Gasteiger partial charge is 0.360 e. The van der Waals surface area contributed by atoms with Gasteiger partial charge in [-0.3, -0.25) is 4.79 Å². The summed E-state index contributed by atoms with van der Waals surface area (Å²) in [6.07, 6.45) is 1.80. The van der Waals surface area contributed by atoms with Gasteiger partial charge in [-0.05, 0) is 23.0 Å². The lowest BCUT2D eigenvalue weighted by Crippen LogP contribution is -2.06. The zero-order valence-corrected chi connectivity index (χ0v) is 12.4. The zero-order valence-electron chi connectivity index (χ0n) is 11.7. The molecule has 1 N–H and O–H groups in total. The Bertz CT molecular complexity index is 667. The minimum absolute atomic E-state index is 0.0505. The molecule has 0 radical (unpaired) electrons. The molecule has 1 aromatic heterocycles. The fourth-order valence-corrected chi connectivity index (χ4v) is 3.62. The van der Waals surface area contributed by atoms with E-state index in [4.69, 9.17) is 11.6 Å². The van der Waals surface area contributed by atoms with E-state index >= 15 is 0 Å². The average molecular weight is 276 g/mol. The number of fused-ring (bicyclic) bond motifs is 1. The number of rotatable bonds is 2. The Labute approximate surface area is 118 Å². The van der Waals surface area contributed by atoms with E-state index in [1.54, 1.807) is 6.20 Å². The third kappa shape index (κ3) is 1.53. The quantitative estimate of drug-likeness (QED) is 0.793. The van der Waals surface area contributed by atoms with E-state index in [-0.39, 0.29) is 22.5 Å². The molecule has 19 heavy (non-hydrogen) atoms. The third-order valence-corrected chi connectivity index (χ3v) is 5.52. The number of hydrogen-bond donors (Lipinski definition) is 1. The number of hydrogen-bond acceptors (Lipinski definition) is 1. The predicted octanol–water partition coefficient (Wildman–Crippen LogP) is 4.69. The molecule has 0 unspecified atom stereocenters. The molecule has 1 aliphatic carbocycles. The standard InChI is InChI=1S/C16H18ClNO/c1-15(2)14(16(15,3)4)13(19)9-8-18-11-7-5-6-10(17)12(9)11/h5-8,14,18H,1-4H3. The maximum absolute atomic E-state index is 12.8. The van der Waals surface area contributed by atoms with Crippen molar-refractivity contribution in [2.75, 3.05) is 0 Å². The van der Waals surface area contributed by atoms with Crippen LogP contribution < -0.4 is 0 Å². The van der Waals surface area contributed by atoms with Gasteiger partial charge in [0.05, 0.1) is 5.02 Å². The van der Waals surface area contributed by atoms with E-state index in [1.807, 2.05) is 18.2 Å². The molecular formula is C16H18ClNO. The number of aromatic amines is 1. The van der Waals surface area contributed by atoms with Crippen LogP contribution in [0.15, 0.2) is 24.4 Å². The number of carbonyl (C=O) groups excluding carboxylic acids is 1. The van der Waals surface area contributed by atoms with Crippen molar-refractivity contribution >= 4 is 28.3 Å². The lowest BCUT2D eigenvalue weighted by atomic mass is 10.0. The molecule has 2 aromatic rings. The Hall–Kier alpha value is -1.28. The first kappa shape index (κ1) is 12.7. The van der Waals surface area contributed by atoms with Crippen LogP contribution in [-0.4, -0.2) is 10.8 Å². The summed E-state index contributed by atoms with van der Waals surface area (Å²) in [6, 6.07) is 5.67. The minimum Gasteiger partial charge on any atom is -0.360 e. The molecule has 1 heterocycles. The molecule has 1 aliphatic rings. The lowest BCUT2D eigenvalue weighted by molar-refractivity contribution is 0.0947. The van der Waals surface area contributed by atoms with Crippen LogP contribution in [0.25, 0.3) is 10.9 Å². The number of Topliss-reactive ketones (excluding diaryl/α,β-unsaturated/α-hetero) is 1. The zero-order chi connectivity index (χ0) is 14.0. The van der Waals surface area contributed by atoms with Gasteiger partial charge in [0.25, 0.3) is 0 Å². The summed E-state index contributed by atoms with van der Waals surface area (Å²) in [5.41, 5.74) is 1.75. The van der Waals surface area contributed by atoms with Crippen LogP contribution in [-0.2, 0) is 0 Å². The first-order valence-corrected chi connectivity index (χ1v) is 6.96. The second-order valence-electron chi connectivity index (χ2n) is 6.61. The molecule has 1 aromatic carbocycles. The average Bonchev–Trinajstić information content (AvgIpc) is 2.66. The second kappa shape index (κ2) is 3.63. The Morgan fingerprint density at radius 3 is 2.42 bits per heavy atom. The Morgan fingerprint density at radius 1 is 1.21 bits per heavy atom. The van der Waals surface area contributed by atoms with Gasteiger partial charge in [-0.1, -0.05) is 45.4 Å². The Kier molecular flexibility index (Phi) is 2.44. The normalized spacial score (nSPS) is 20.7. The molecule has 0 atom stereocenters. The number of nitrogens with one attached hydrogen (secondary N) is 1. The molecule has 1 saturated carbocycles. The van der Waals surface area contributed by atoms with Crippen LogP contribution >= 0.6 is 11.6 Å². The van der Waals surface area contributed by atoms with Gasteiger partial charge in [-0.25, -0.2) is 0 Å². The van der Waals surface area contributed by atoms with E-state index in [9.17, 15) is 4.79 Å². The third-order valence-electron chi connectivity index (χ3n) is 5.20. The second-order valence-corrected chi connectivity index (χ2v) is 7.01. The maximum Gasteiger partial charge on any atom is 0.169 e. The van der Waals surface area contributed by atoms with Crippen molar-refractivity contribution in [3.8, 4) is 0 Å². The predicted molar refractivity (Wildman–Crippen MR) is 78.7 cm³/mol. The molecule has 3 rings (SSSR count). The molecule has 100 valence electrons. The fourth-order valence-electron chi connectivity index (χ4n) is 3.34. The van der Waals surface area contributed by atoms with Crippen molar-refractivity contribution in [1.29, 1.82) is 0 Å². The molecule has 0 amide bonds. The summed E-state index contributed by atoms with van der Waals surface area (Å²) < 4.78 is 0. The Morgan fingerprint density at radius 2 is 1.84 bits per heavy atom. The number of ketones is 1. The molecule has 0 bridgehead atoms. The maximum atomic E-state index is 12.8. The van der Waals surface area contributed by atoms with E-state index in [1.165, 1.54) is 0 Å². The van der Waals surface area contributed by atoms with Gasteiger partial charge in [0.15, 0.2) is 5.78 Å². The first-order valence-electron chi connectivity index (χ1n) is 6.58. The van der Waals surface area contributed by atoms with E-state index < -0.39 is 0 Å². The number of benzene rings is 1. The van der Waals surface area contributed by atoms with Gasteiger partial charge in [0.1, 0.15) is 0 Å².